The number of halogens is 4. The van der Waals surface area contributed by atoms with Crippen LogP contribution in [0.25, 0.3) is 0 Å². The van der Waals surface area contributed by atoms with Crippen molar-refractivity contribution in [3.63, 3.8) is 0 Å². The fraction of sp³-hybridized carbons (Fsp3) is 0.0500. The normalized spacial score (nSPS) is 11.5. The van der Waals surface area contributed by atoms with Crippen LogP contribution in [0.2, 0.25) is 20.1 Å². The number of aromatic nitrogens is 1. The summed E-state index contributed by atoms with van der Waals surface area (Å²) in [5, 5.41) is 1.16. The number of rotatable bonds is 2. The predicted molar refractivity (Wildman–Crippen MR) is 112 cm³/mol. The van der Waals surface area contributed by atoms with Crippen LogP contribution in [0.4, 0.5) is 0 Å². The third kappa shape index (κ3) is 4.31. The average Bonchev–Trinajstić information content (AvgIpc) is 2.66. The summed E-state index contributed by atoms with van der Waals surface area (Å²) in [4.78, 5) is 29.8. The Hall–Kier alpha value is -2.11. The second kappa shape index (κ2) is 8.50. The zero-order valence-electron chi connectivity index (χ0n) is 14.4. The summed E-state index contributed by atoms with van der Waals surface area (Å²) in [6, 6.07) is 12.5. The van der Waals surface area contributed by atoms with Gasteiger partial charge in [-0.2, -0.15) is 4.99 Å². The smallest absolute Gasteiger partial charge is 0.268 e. The second-order valence-electron chi connectivity index (χ2n) is 5.86. The number of hydrogen-bond donors (Lipinski definition) is 0. The number of hydrogen-bond acceptors (Lipinski definition) is 2. The van der Waals surface area contributed by atoms with Gasteiger partial charge in [-0.15, -0.1) is 0 Å². The highest BCUT2D eigenvalue weighted by atomic mass is 35.5. The Bertz CT molecular complexity index is 1170. The molecule has 0 bridgehead atoms. The van der Waals surface area contributed by atoms with E-state index in [1.165, 1.54) is 35.0 Å². The van der Waals surface area contributed by atoms with E-state index in [4.69, 9.17) is 46.4 Å². The molecule has 0 saturated carbocycles. The minimum atomic E-state index is -0.624. The molecule has 0 unspecified atom stereocenters. The van der Waals surface area contributed by atoms with Gasteiger partial charge < -0.3 is 0 Å². The van der Waals surface area contributed by atoms with E-state index in [0.29, 0.717) is 15.6 Å². The Morgan fingerprint density at radius 2 is 1.43 bits per heavy atom. The van der Waals surface area contributed by atoms with Gasteiger partial charge in [0.05, 0.1) is 21.2 Å². The lowest BCUT2D eigenvalue weighted by atomic mass is 10.2. The summed E-state index contributed by atoms with van der Waals surface area (Å²) < 4.78 is 1.24. The molecule has 2 aromatic carbocycles. The highest BCUT2D eigenvalue weighted by Gasteiger charge is 2.16. The highest BCUT2D eigenvalue weighted by Crippen LogP contribution is 2.22. The predicted octanol–water partition coefficient (Wildman–Crippen LogP) is 5.84. The molecule has 0 fully saturated rings. The number of pyridine rings is 1. The Morgan fingerprint density at radius 1 is 0.857 bits per heavy atom. The Labute approximate surface area is 181 Å². The molecule has 0 spiro atoms. The molecule has 1 heterocycles. The molecule has 0 atom stereocenters. The lowest BCUT2D eigenvalue weighted by Crippen LogP contribution is -2.30. The maximum Gasteiger partial charge on any atom is 0.280 e. The van der Waals surface area contributed by atoms with Gasteiger partial charge in [-0.1, -0.05) is 52.5 Å². The van der Waals surface area contributed by atoms with E-state index in [2.05, 4.69) is 4.99 Å². The highest BCUT2D eigenvalue weighted by molar-refractivity contribution is 6.36. The molecule has 8 heteroatoms. The van der Waals surface area contributed by atoms with E-state index in [9.17, 15) is 9.59 Å². The lowest BCUT2D eigenvalue weighted by Gasteiger charge is -2.10. The maximum atomic E-state index is 13.0. The Kier molecular flexibility index (Phi) is 6.26. The minimum absolute atomic E-state index is 0.136. The quantitative estimate of drug-likeness (QED) is 0.489. The second-order valence-corrected chi connectivity index (χ2v) is 7.54. The van der Waals surface area contributed by atoms with Gasteiger partial charge in [0, 0.05) is 16.2 Å². The van der Waals surface area contributed by atoms with Crippen LogP contribution < -0.4 is 5.49 Å². The van der Waals surface area contributed by atoms with Gasteiger partial charge in [-0.25, -0.2) is 0 Å². The number of nitrogens with zero attached hydrogens (tertiary/aromatic N) is 2. The van der Waals surface area contributed by atoms with E-state index in [-0.39, 0.29) is 26.7 Å². The monoisotopic (exact) mass is 452 g/mol. The van der Waals surface area contributed by atoms with Gasteiger partial charge in [0.1, 0.15) is 5.49 Å². The standard InChI is InChI=1S/C20H12Cl4N2O2/c1-11-3-2-8-26(20(28)15-10-13(22)5-7-17(15)24)18(11)25-19(27)14-9-12(21)4-6-16(14)23/h2-10H,1H3. The number of carbonyl (C=O) groups excluding carboxylic acids is 2. The molecule has 28 heavy (non-hydrogen) atoms. The first-order valence-electron chi connectivity index (χ1n) is 8.00. The first kappa shape index (κ1) is 20.6. The average molecular weight is 454 g/mol. The molecule has 3 aromatic rings. The van der Waals surface area contributed by atoms with E-state index in [1.54, 1.807) is 31.2 Å². The molecule has 0 aliphatic rings. The molecular formula is C20H12Cl4N2O2. The molecule has 4 nitrogen and oxygen atoms in total. The fourth-order valence-electron chi connectivity index (χ4n) is 2.52. The van der Waals surface area contributed by atoms with Crippen molar-refractivity contribution in [2.24, 2.45) is 4.99 Å². The zero-order valence-corrected chi connectivity index (χ0v) is 17.4. The van der Waals surface area contributed by atoms with Crippen LogP contribution >= 0.6 is 46.4 Å². The molecule has 0 radical (unpaired) electrons. The summed E-state index contributed by atoms with van der Waals surface area (Å²) >= 11 is 24.2. The largest absolute Gasteiger partial charge is 0.280 e. The molecular weight excluding hydrogens is 442 g/mol. The van der Waals surface area contributed by atoms with Crippen LogP contribution in [0.3, 0.4) is 0 Å². The number of benzene rings is 2. The van der Waals surface area contributed by atoms with Gasteiger partial charge >= 0.3 is 0 Å². The minimum Gasteiger partial charge on any atom is -0.268 e. The number of aryl methyl sites for hydroxylation is 1. The SMILES string of the molecule is Cc1cccn(C(=O)c2cc(Cl)ccc2Cl)c1=NC(=O)c1cc(Cl)ccc1Cl. The van der Waals surface area contributed by atoms with E-state index < -0.39 is 11.8 Å². The van der Waals surface area contributed by atoms with Crippen molar-refractivity contribution in [1.29, 1.82) is 0 Å². The van der Waals surface area contributed by atoms with Gasteiger partial charge in [0.2, 0.25) is 0 Å². The van der Waals surface area contributed by atoms with E-state index in [0.717, 1.165) is 0 Å². The number of amides is 1. The molecule has 0 aliphatic heterocycles. The van der Waals surface area contributed by atoms with Gasteiger partial charge in [-0.05, 0) is 55.0 Å². The Morgan fingerprint density at radius 3 is 2.07 bits per heavy atom. The fourth-order valence-corrected chi connectivity index (χ4v) is 3.26. The molecule has 0 N–H and O–H groups in total. The third-order valence-corrected chi connectivity index (χ3v) is 5.04. The molecule has 1 aromatic heterocycles. The lowest BCUT2D eigenvalue weighted by molar-refractivity contribution is 0.0953. The number of carbonyl (C=O) groups is 2. The topological polar surface area (TPSA) is 51.4 Å². The zero-order chi connectivity index (χ0) is 20.4. The molecule has 0 aliphatic carbocycles. The van der Waals surface area contributed by atoms with Crippen LogP contribution in [0.15, 0.2) is 59.7 Å². The van der Waals surface area contributed by atoms with Crippen LogP contribution in [-0.4, -0.2) is 16.4 Å². The molecule has 0 saturated heterocycles. The molecule has 142 valence electrons. The van der Waals surface area contributed by atoms with Gasteiger partial charge in [-0.3, -0.25) is 14.2 Å². The summed E-state index contributed by atoms with van der Waals surface area (Å²) in [5.74, 6) is -1.10. The van der Waals surface area contributed by atoms with Crippen molar-refractivity contribution in [2.75, 3.05) is 0 Å². The van der Waals surface area contributed by atoms with Crippen LogP contribution in [0, 0.1) is 6.92 Å². The van der Waals surface area contributed by atoms with Crippen LogP contribution in [-0.2, 0) is 0 Å². The van der Waals surface area contributed by atoms with Crippen molar-refractivity contribution in [1.82, 2.24) is 4.57 Å². The first-order valence-corrected chi connectivity index (χ1v) is 9.51. The van der Waals surface area contributed by atoms with Crippen molar-refractivity contribution >= 4 is 58.2 Å². The van der Waals surface area contributed by atoms with Gasteiger partial charge in [0.25, 0.3) is 11.8 Å². The van der Waals surface area contributed by atoms with Crippen molar-refractivity contribution in [3.8, 4) is 0 Å². The van der Waals surface area contributed by atoms with E-state index >= 15 is 0 Å². The van der Waals surface area contributed by atoms with Crippen LogP contribution in [0.1, 0.15) is 26.3 Å². The summed E-state index contributed by atoms with van der Waals surface area (Å²) in [5.41, 5.74) is 1.09. The van der Waals surface area contributed by atoms with Crippen molar-refractivity contribution < 1.29 is 9.59 Å². The van der Waals surface area contributed by atoms with Crippen molar-refractivity contribution in [2.45, 2.75) is 6.92 Å². The van der Waals surface area contributed by atoms with Crippen LogP contribution in [0.5, 0.6) is 0 Å². The van der Waals surface area contributed by atoms with Crippen molar-refractivity contribution in [3.05, 3.63) is 97.0 Å². The molecule has 3 rings (SSSR count). The summed E-state index contributed by atoms with van der Waals surface area (Å²) in [6.07, 6.45) is 1.50. The third-order valence-electron chi connectivity index (χ3n) is 3.91. The van der Waals surface area contributed by atoms with Gasteiger partial charge in [0.15, 0.2) is 0 Å². The maximum absolute atomic E-state index is 13.0. The van der Waals surface area contributed by atoms with E-state index in [1.807, 2.05) is 0 Å². The first-order chi connectivity index (χ1) is 13.3. The summed E-state index contributed by atoms with van der Waals surface area (Å²) in [7, 11) is 0. The Balaban J connectivity index is 2.16. The molecule has 1 amide bonds. The summed E-state index contributed by atoms with van der Waals surface area (Å²) in [6.45, 7) is 1.73.